The van der Waals surface area contributed by atoms with E-state index in [2.05, 4.69) is 0 Å². The minimum absolute atomic E-state index is 0.0384. The lowest BCUT2D eigenvalue weighted by Crippen LogP contribution is -2.16. The number of fused-ring (bicyclic) bond motifs is 1. The van der Waals surface area contributed by atoms with Gasteiger partial charge in [-0.15, -0.1) is 11.8 Å². The maximum atomic E-state index is 13.2. The van der Waals surface area contributed by atoms with Crippen LogP contribution in [-0.2, 0) is 0 Å². The number of hydrogen-bond donors (Lipinski definition) is 0. The van der Waals surface area contributed by atoms with Gasteiger partial charge >= 0.3 is 0 Å². The maximum Gasteiger partial charge on any atom is 0.191 e. The first-order valence-electron chi connectivity index (χ1n) is 8.47. The fraction of sp³-hybridized carbons (Fsp3) is 0.0870. The SMILES string of the molecule is COc1ccc(C2Sc3ccccc3C(=O)/C2=C/c2ccccc2)cc1. The normalized spacial score (nSPS) is 17.8. The molecule has 0 amide bonds. The number of methoxy groups -OCH3 is 1. The number of rotatable bonds is 3. The molecular formula is C23H18O2S. The van der Waals surface area contributed by atoms with E-state index in [0.29, 0.717) is 0 Å². The molecule has 0 aliphatic carbocycles. The highest BCUT2D eigenvalue weighted by Crippen LogP contribution is 2.48. The lowest BCUT2D eigenvalue weighted by molar-refractivity contribution is 0.102. The van der Waals surface area contributed by atoms with Gasteiger partial charge < -0.3 is 4.74 Å². The Morgan fingerprint density at radius 1 is 0.885 bits per heavy atom. The van der Waals surface area contributed by atoms with Crippen molar-refractivity contribution in [2.75, 3.05) is 7.11 Å². The second kappa shape index (κ2) is 7.22. The monoisotopic (exact) mass is 358 g/mol. The number of Topliss-reactive ketones (excluding diaryl/α,β-unsaturated/α-hetero) is 1. The Bertz CT molecular complexity index is 959. The first-order chi connectivity index (χ1) is 12.8. The highest BCUT2D eigenvalue weighted by Gasteiger charge is 2.31. The van der Waals surface area contributed by atoms with E-state index in [-0.39, 0.29) is 11.0 Å². The summed E-state index contributed by atoms with van der Waals surface area (Å²) in [5, 5.41) is -0.0384. The summed E-state index contributed by atoms with van der Waals surface area (Å²) in [4.78, 5) is 14.3. The molecule has 3 heteroatoms. The zero-order valence-electron chi connectivity index (χ0n) is 14.4. The Morgan fingerprint density at radius 2 is 1.58 bits per heavy atom. The van der Waals surface area contributed by atoms with Gasteiger partial charge in [0.15, 0.2) is 5.78 Å². The molecule has 0 saturated heterocycles. The van der Waals surface area contributed by atoms with E-state index in [4.69, 9.17) is 4.74 Å². The molecule has 1 heterocycles. The van der Waals surface area contributed by atoms with Gasteiger partial charge in [-0.3, -0.25) is 4.79 Å². The zero-order chi connectivity index (χ0) is 17.9. The average molecular weight is 358 g/mol. The van der Waals surface area contributed by atoms with Crippen LogP contribution in [0.25, 0.3) is 6.08 Å². The highest BCUT2D eigenvalue weighted by atomic mass is 32.2. The number of ketones is 1. The minimum Gasteiger partial charge on any atom is -0.497 e. The Morgan fingerprint density at radius 3 is 2.31 bits per heavy atom. The van der Waals surface area contributed by atoms with Crippen molar-refractivity contribution >= 4 is 23.6 Å². The van der Waals surface area contributed by atoms with Gasteiger partial charge in [-0.1, -0.05) is 54.6 Å². The fourth-order valence-electron chi connectivity index (χ4n) is 3.12. The minimum atomic E-state index is -0.0384. The fourth-order valence-corrected chi connectivity index (χ4v) is 4.41. The lowest BCUT2D eigenvalue weighted by Gasteiger charge is -2.26. The van der Waals surface area contributed by atoms with E-state index in [9.17, 15) is 4.79 Å². The summed E-state index contributed by atoms with van der Waals surface area (Å²) in [5.74, 6) is 0.916. The number of thioether (sulfide) groups is 1. The van der Waals surface area contributed by atoms with Crippen molar-refractivity contribution in [1.29, 1.82) is 0 Å². The van der Waals surface area contributed by atoms with Crippen LogP contribution in [0.1, 0.15) is 26.7 Å². The summed E-state index contributed by atoms with van der Waals surface area (Å²) in [5.41, 5.74) is 3.73. The third kappa shape index (κ3) is 3.18. The molecule has 4 rings (SSSR count). The summed E-state index contributed by atoms with van der Waals surface area (Å²) < 4.78 is 5.27. The molecule has 3 aromatic rings. The predicted molar refractivity (Wildman–Crippen MR) is 107 cm³/mol. The van der Waals surface area contributed by atoms with Crippen molar-refractivity contribution in [3.8, 4) is 5.75 Å². The third-order valence-corrected chi connectivity index (χ3v) is 5.83. The molecule has 0 radical (unpaired) electrons. The van der Waals surface area contributed by atoms with Gasteiger partial charge in [-0.2, -0.15) is 0 Å². The maximum absolute atomic E-state index is 13.2. The number of carbonyl (C=O) groups excluding carboxylic acids is 1. The molecule has 1 atom stereocenters. The average Bonchev–Trinajstić information content (AvgIpc) is 2.71. The summed E-state index contributed by atoms with van der Waals surface area (Å²) in [6.07, 6.45) is 2.01. The van der Waals surface area contributed by atoms with Crippen LogP contribution in [0.3, 0.4) is 0 Å². The molecule has 0 aromatic heterocycles. The van der Waals surface area contributed by atoms with Crippen LogP contribution in [0.15, 0.2) is 89.3 Å². The standard InChI is InChI=1S/C23H18O2S/c1-25-18-13-11-17(12-14-18)23-20(15-16-7-3-2-4-8-16)22(24)19-9-5-6-10-21(19)26-23/h2-15,23H,1H3/b20-15-. The Hall–Kier alpha value is -2.78. The summed E-state index contributed by atoms with van der Waals surface area (Å²) >= 11 is 1.72. The van der Waals surface area contributed by atoms with Crippen LogP contribution in [0, 0.1) is 0 Å². The van der Waals surface area contributed by atoms with Crippen molar-refractivity contribution in [1.82, 2.24) is 0 Å². The largest absolute Gasteiger partial charge is 0.497 e. The number of benzene rings is 3. The zero-order valence-corrected chi connectivity index (χ0v) is 15.2. The topological polar surface area (TPSA) is 26.3 Å². The van der Waals surface area contributed by atoms with Crippen LogP contribution >= 0.6 is 11.8 Å². The summed E-state index contributed by atoms with van der Waals surface area (Å²) in [6.45, 7) is 0. The molecule has 3 aromatic carbocycles. The molecule has 1 aliphatic rings. The summed E-state index contributed by atoms with van der Waals surface area (Å²) in [7, 11) is 1.66. The highest BCUT2D eigenvalue weighted by molar-refractivity contribution is 8.00. The van der Waals surface area contributed by atoms with Gasteiger partial charge in [0.05, 0.1) is 12.4 Å². The quantitative estimate of drug-likeness (QED) is 0.553. The molecular weight excluding hydrogens is 340 g/mol. The van der Waals surface area contributed by atoms with E-state index in [1.807, 2.05) is 84.9 Å². The first-order valence-corrected chi connectivity index (χ1v) is 9.35. The van der Waals surface area contributed by atoms with Crippen LogP contribution < -0.4 is 4.74 Å². The molecule has 2 nitrogen and oxygen atoms in total. The van der Waals surface area contributed by atoms with E-state index >= 15 is 0 Å². The van der Waals surface area contributed by atoms with Gasteiger partial charge in [-0.05, 0) is 41.5 Å². The van der Waals surface area contributed by atoms with Crippen molar-refractivity contribution in [2.24, 2.45) is 0 Å². The summed E-state index contributed by atoms with van der Waals surface area (Å²) in [6, 6.07) is 25.8. The second-order valence-electron chi connectivity index (χ2n) is 6.11. The molecule has 0 spiro atoms. The van der Waals surface area contributed by atoms with E-state index in [1.165, 1.54) is 0 Å². The molecule has 26 heavy (non-hydrogen) atoms. The molecule has 0 N–H and O–H groups in total. The number of carbonyl (C=O) groups is 1. The number of hydrogen-bond acceptors (Lipinski definition) is 3. The Balaban J connectivity index is 1.83. The molecule has 128 valence electrons. The Kier molecular flexibility index (Phi) is 4.63. The molecule has 0 saturated carbocycles. The van der Waals surface area contributed by atoms with Crippen LogP contribution in [-0.4, -0.2) is 12.9 Å². The van der Waals surface area contributed by atoms with Gasteiger partial charge in [0.25, 0.3) is 0 Å². The van der Waals surface area contributed by atoms with Gasteiger partial charge in [0.2, 0.25) is 0 Å². The van der Waals surface area contributed by atoms with Crippen LogP contribution in [0.5, 0.6) is 5.75 Å². The van der Waals surface area contributed by atoms with E-state index in [0.717, 1.165) is 32.9 Å². The first kappa shape index (κ1) is 16.7. The van der Waals surface area contributed by atoms with Gasteiger partial charge in [0, 0.05) is 16.0 Å². The molecule has 0 fully saturated rings. The van der Waals surface area contributed by atoms with Crippen molar-refractivity contribution in [3.63, 3.8) is 0 Å². The molecule has 1 aliphatic heterocycles. The smallest absolute Gasteiger partial charge is 0.191 e. The third-order valence-electron chi connectivity index (χ3n) is 4.46. The second-order valence-corrected chi connectivity index (χ2v) is 7.25. The van der Waals surface area contributed by atoms with Gasteiger partial charge in [0.1, 0.15) is 5.75 Å². The van der Waals surface area contributed by atoms with Crippen molar-refractivity contribution in [2.45, 2.75) is 10.1 Å². The predicted octanol–water partition coefficient (Wildman–Crippen LogP) is 5.81. The van der Waals surface area contributed by atoms with Gasteiger partial charge in [-0.25, -0.2) is 0 Å². The molecule has 0 bridgehead atoms. The van der Waals surface area contributed by atoms with Crippen molar-refractivity contribution < 1.29 is 9.53 Å². The van der Waals surface area contributed by atoms with E-state index < -0.39 is 0 Å². The molecule has 1 unspecified atom stereocenters. The Labute approximate surface area is 157 Å². The van der Waals surface area contributed by atoms with Crippen LogP contribution in [0.2, 0.25) is 0 Å². The lowest BCUT2D eigenvalue weighted by atomic mass is 9.94. The van der Waals surface area contributed by atoms with Crippen LogP contribution in [0.4, 0.5) is 0 Å². The van der Waals surface area contributed by atoms with E-state index in [1.54, 1.807) is 18.9 Å². The van der Waals surface area contributed by atoms with Crippen molar-refractivity contribution in [3.05, 3.63) is 101 Å². The number of ether oxygens (including phenoxy) is 1.